The van der Waals surface area contributed by atoms with Gasteiger partial charge < -0.3 is 10.2 Å². The monoisotopic (exact) mass is 289 g/mol. The third kappa shape index (κ3) is 4.14. The molecule has 1 atom stereocenters. The summed E-state index contributed by atoms with van der Waals surface area (Å²) in [7, 11) is 0. The molecule has 2 N–H and O–H groups in total. The number of Topliss-reactive ketones (excluding diaryl/α,β-unsaturated/α-hetero) is 1. The van der Waals surface area contributed by atoms with Crippen molar-refractivity contribution in [3.8, 4) is 0 Å². The molecule has 0 aromatic heterocycles. The maximum atomic E-state index is 12.5. The van der Waals surface area contributed by atoms with Gasteiger partial charge in [-0.1, -0.05) is 12.1 Å². The van der Waals surface area contributed by atoms with E-state index in [0.717, 1.165) is 13.1 Å². The first-order chi connectivity index (χ1) is 10.1. The first-order valence-electron chi connectivity index (χ1n) is 7.85. The molecule has 2 rings (SSSR count). The molecule has 1 aromatic carbocycles. The summed E-state index contributed by atoms with van der Waals surface area (Å²) >= 11 is 0. The van der Waals surface area contributed by atoms with Gasteiger partial charge in [-0.05, 0) is 51.7 Å². The van der Waals surface area contributed by atoms with Gasteiger partial charge in [-0.25, -0.2) is 0 Å². The highest BCUT2D eigenvalue weighted by Crippen LogP contribution is 2.15. The van der Waals surface area contributed by atoms with Crippen LogP contribution in [0.5, 0.6) is 0 Å². The lowest BCUT2D eigenvalue weighted by molar-refractivity contribution is -0.913. The fourth-order valence-corrected chi connectivity index (χ4v) is 2.94. The van der Waals surface area contributed by atoms with Crippen LogP contribution < -0.4 is 10.2 Å². The number of carbonyl (C=O) groups excluding carboxylic acids is 2. The fourth-order valence-electron chi connectivity index (χ4n) is 2.94. The Kier molecular flexibility index (Phi) is 5.51. The number of carbonyl (C=O) groups is 2. The predicted molar refractivity (Wildman–Crippen MR) is 83.7 cm³/mol. The lowest BCUT2D eigenvalue weighted by Gasteiger charge is -2.24. The highest BCUT2D eigenvalue weighted by Gasteiger charge is 2.26. The van der Waals surface area contributed by atoms with E-state index in [0.29, 0.717) is 11.3 Å². The van der Waals surface area contributed by atoms with Crippen LogP contribution in [0.3, 0.4) is 0 Å². The molecule has 1 heterocycles. The lowest BCUT2D eigenvalue weighted by atomic mass is 10.1. The Hall–Kier alpha value is -1.68. The molecule has 1 amide bonds. The van der Waals surface area contributed by atoms with E-state index in [9.17, 15) is 9.59 Å². The van der Waals surface area contributed by atoms with Crippen molar-refractivity contribution in [2.75, 3.05) is 18.4 Å². The molecule has 1 fully saturated rings. The number of quaternary nitrogens is 1. The first kappa shape index (κ1) is 15.7. The number of rotatable bonds is 4. The summed E-state index contributed by atoms with van der Waals surface area (Å²) in [5.41, 5.74) is 1.19. The van der Waals surface area contributed by atoms with Crippen LogP contribution in [0.25, 0.3) is 0 Å². The van der Waals surface area contributed by atoms with Gasteiger partial charge in [0.1, 0.15) is 0 Å². The quantitative estimate of drug-likeness (QED) is 0.829. The maximum Gasteiger partial charge on any atom is 0.282 e. The van der Waals surface area contributed by atoms with Gasteiger partial charge in [-0.15, -0.1) is 0 Å². The van der Waals surface area contributed by atoms with E-state index in [4.69, 9.17) is 0 Å². The van der Waals surface area contributed by atoms with Crippen LogP contribution in [0, 0.1) is 0 Å². The SMILES string of the molecule is CC(=O)c1ccccc1NC(=O)[C@@H](C)[NH+]1CCCCCC1. The normalized spacial score (nSPS) is 17.8. The van der Waals surface area contributed by atoms with Gasteiger partial charge in [-0.3, -0.25) is 9.59 Å². The van der Waals surface area contributed by atoms with Crippen LogP contribution in [0.15, 0.2) is 24.3 Å². The van der Waals surface area contributed by atoms with Crippen LogP contribution in [-0.4, -0.2) is 30.8 Å². The number of anilines is 1. The summed E-state index contributed by atoms with van der Waals surface area (Å²) in [6.45, 7) is 5.62. The van der Waals surface area contributed by atoms with Gasteiger partial charge in [0.15, 0.2) is 11.8 Å². The average molecular weight is 289 g/mol. The molecule has 0 bridgehead atoms. The Labute approximate surface area is 126 Å². The van der Waals surface area contributed by atoms with E-state index in [1.165, 1.54) is 37.5 Å². The second kappa shape index (κ2) is 7.36. The van der Waals surface area contributed by atoms with Crippen molar-refractivity contribution in [1.82, 2.24) is 0 Å². The molecule has 4 nitrogen and oxygen atoms in total. The molecule has 4 heteroatoms. The van der Waals surface area contributed by atoms with Crippen LogP contribution in [0.4, 0.5) is 5.69 Å². The van der Waals surface area contributed by atoms with Gasteiger partial charge in [0.2, 0.25) is 0 Å². The number of nitrogens with one attached hydrogen (secondary N) is 2. The van der Waals surface area contributed by atoms with E-state index >= 15 is 0 Å². The molecule has 1 saturated heterocycles. The Bertz CT molecular complexity index is 505. The highest BCUT2D eigenvalue weighted by atomic mass is 16.2. The van der Waals surface area contributed by atoms with Gasteiger partial charge in [0.05, 0.1) is 18.8 Å². The fraction of sp³-hybridized carbons (Fsp3) is 0.529. The largest absolute Gasteiger partial charge is 0.325 e. The van der Waals surface area contributed by atoms with E-state index in [-0.39, 0.29) is 17.7 Å². The third-order valence-corrected chi connectivity index (χ3v) is 4.32. The number of benzene rings is 1. The minimum absolute atomic E-state index is 0.000556. The molecule has 0 spiro atoms. The number of amides is 1. The molecule has 21 heavy (non-hydrogen) atoms. The van der Waals surface area contributed by atoms with Crippen LogP contribution in [0.1, 0.15) is 49.9 Å². The maximum absolute atomic E-state index is 12.5. The minimum atomic E-state index is -0.0804. The molecular formula is C17H25N2O2+. The molecular weight excluding hydrogens is 264 g/mol. The Morgan fingerprint density at radius 1 is 1.10 bits per heavy atom. The zero-order valence-corrected chi connectivity index (χ0v) is 12.9. The second-order valence-electron chi connectivity index (χ2n) is 5.89. The van der Waals surface area contributed by atoms with Crippen molar-refractivity contribution in [2.24, 2.45) is 0 Å². The average Bonchev–Trinajstić information content (AvgIpc) is 2.75. The number of para-hydroxylation sites is 1. The van der Waals surface area contributed by atoms with Crippen LogP contribution in [0.2, 0.25) is 0 Å². The van der Waals surface area contributed by atoms with E-state index in [1.54, 1.807) is 12.1 Å². The highest BCUT2D eigenvalue weighted by molar-refractivity contribution is 6.04. The summed E-state index contributed by atoms with van der Waals surface area (Å²) in [6.07, 6.45) is 4.92. The predicted octanol–water partition coefficient (Wildman–Crippen LogP) is 1.68. The van der Waals surface area contributed by atoms with Crippen molar-refractivity contribution in [3.63, 3.8) is 0 Å². The first-order valence-corrected chi connectivity index (χ1v) is 7.85. The molecule has 1 aliphatic rings. The molecule has 0 unspecified atom stereocenters. The molecule has 0 saturated carbocycles. The molecule has 0 aliphatic carbocycles. The van der Waals surface area contributed by atoms with Gasteiger partial charge >= 0.3 is 0 Å². The van der Waals surface area contributed by atoms with Crippen LogP contribution >= 0.6 is 0 Å². The Morgan fingerprint density at radius 3 is 2.33 bits per heavy atom. The van der Waals surface area contributed by atoms with Crippen molar-refractivity contribution >= 4 is 17.4 Å². The zero-order chi connectivity index (χ0) is 15.2. The summed E-state index contributed by atoms with van der Waals surface area (Å²) in [5, 5.41) is 2.93. The Balaban J connectivity index is 2.05. The number of ketones is 1. The van der Waals surface area contributed by atoms with Crippen molar-refractivity contribution in [2.45, 2.75) is 45.6 Å². The number of likely N-dealkylation sites (tertiary alicyclic amines) is 1. The lowest BCUT2D eigenvalue weighted by Crippen LogP contribution is -3.16. The third-order valence-electron chi connectivity index (χ3n) is 4.32. The van der Waals surface area contributed by atoms with Gasteiger partial charge in [-0.2, -0.15) is 0 Å². The molecule has 1 aromatic rings. The number of hydrogen-bond donors (Lipinski definition) is 2. The standard InChI is InChI=1S/C17H24N2O2/c1-13(19-11-7-3-4-8-12-19)17(21)18-16-10-6-5-9-15(16)14(2)20/h5-6,9-10,13H,3-4,7-8,11-12H2,1-2H3,(H,18,21)/p+1/t13-/m1/s1. The Morgan fingerprint density at radius 2 is 1.71 bits per heavy atom. The van der Waals surface area contributed by atoms with E-state index in [1.807, 2.05) is 19.1 Å². The molecule has 1 aliphatic heterocycles. The van der Waals surface area contributed by atoms with Crippen molar-refractivity contribution < 1.29 is 14.5 Å². The number of hydrogen-bond acceptors (Lipinski definition) is 2. The molecule has 0 radical (unpaired) electrons. The summed E-state index contributed by atoms with van der Waals surface area (Å²) in [4.78, 5) is 25.4. The van der Waals surface area contributed by atoms with Crippen LogP contribution in [-0.2, 0) is 4.79 Å². The van der Waals surface area contributed by atoms with E-state index < -0.39 is 0 Å². The smallest absolute Gasteiger partial charge is 0.282 e. The topological polar surface area (TPSA) is 50.6 Å². The summed E-state index contributed by atoms with van der Waals surface area (Å²) in [5.74, 6) is -0.0266. The zero-order valence-electron chi connectivity index (χ0n) is 12.9. The minimum Gasteiger partial charge on any atom is -0.325 e. The van der Waals surface area contributed by atoms with Gasteiger partial charge in [0, 0.05) is 5.56 Å². The summed E-state index contributed by atoms with van der Waals surface area (Å²) < 4.78 is 0. The van der Waals surface area contributed by atoms with Crippen molar-refractivity contribution in [3.05, 3.63) is 29.8 Å². The second-order valence-corrected chi connectivity index (χ2v) is 5.89. The van der Waals surface area contributed by atoms with Gasteiger partial charge in [0.25, 0.3) is 5.91 Å². The summed E-state index contributed by atoms with van der Waals surface area (Å²) in [6, 6.07) is 7.12. The van der Waals surface area contributed by atoms with Crippen molar-refractivity contribution in [1.29, 1.82) is 0 Å². The molecule has 114 valence electrons. The van der Waals surface area contributed by atoms with E-state index in [2.05, 4.69) is 5.32 Å².